The van der Waals surface area contributed by atoms with Gasteiger partial charge in [-0.1, -0.05) is 43.4 Å². The summed E-state index contributed by atoms with van der Waals surface area (Å²) in [6.45, 7) is 13.8. The maximum Gasteiger partial charge on any atom is 0.320 e. The smallest absolute Gasteiger partial charge is 0.320 e. The Morgan fingerprint density at radius 2 is 2.10 bits per heavy atom. The molecule has 162 valence electrons. The van der Waals surface area contributed by atoms with Crippen LogP contribution in [0.15, 0.2) is 18.3 Å². The van der Waals surface area contributed by atoms with Gasteiger partial charge in [0.25, 0.3) is 0 Å². The Kier molecular flexibility index (Phi) is 5.76. The first kappa shape index (κ1) is 21.5. The molecule has 0 bridgehead atoms. The molecule has 0 N–H and O–H groups in total. The molecule has 2 saturated heterocycles. The topological polar surface area (TPSA) is 60.4 Å². The van der Waals surface area contributed by atoms with Crippen LogP contribution >= 0.6 is 11.6 Å². The van der Waals surface area contributed by atoms with E-state index in [-0.39, 0.29) is 28.1 Å². The molecule has 4 heterocycles. The molecule has 0 aromatic carbocycles. The Hall–Kier alpha value is -1.77. The quantitative estimate of drug-likeness (QED) is 0.346. The number of pyridine rings is 1. The van der Waals surface area contributed by atoms with Gasteiger partial charge in [0.1, 0.15) is 12.1 Å². The Morgan fingerprint density at radius 1 is 1.30 bits per heavy atom. The summed E-state index contributed by atoms with van der Waals surface area (Å²) in [5, 5.41) is 0.169. The standard InChI is InChI=1S/C21H28ClFN4O2Si/c1-14-10-21(6-5-7-27(21)12-14)13-29-20-25-17-15(11-24-18(22)16(17)23)19(26-20)28-8-9-30(2,3)4/h11H,1,5-10,12-13H2,2-4H3. The van der Waals surface area contributed by atoms with Gasteiger partial charge in [-0.05, 0) is 31.9 Å². The van der Waals surface area contributed by atoms with Crippen LogP contribution in [0.4, 0.5) is 4.39 Å². The van der Waals surface area contributed by atoms with Crippen molar-refractivity contribution >= 4 is 30.6 Å². The SMILES string of the molecule is C=C1CN2CCCC2(COc2nc(OCC[Si](C)(C)C)c3cnc(Cl)c(F)c3n2)C1. The van der Waals surface area contributed by atoms with Gasteiger partial charge in [-0.25, -0.2) is 9.37 Å². The highest BCUT2D eigenvalue weighted by Crippen LogP contribution is 2.41. The van der Waals surface area contributed by atoms with Crippen LogP contribution in [0.1, 0.15) is 19.3 Å². The first-order chi connectivity index (χ1) is 14.2. The van der Waals surface area contributed by atoms with E-state index in [2.05, 4.69) is 46.1 Å². The van der Waals surface area contributed by atoms with E-state index in [1.807, 2.05) is 0 Å². The first-order valence-electron chi connectivity index (χ1n) is 10.4. The maximum absolute atomic E-state index is 14.7. The molecule has 30 heavy (non-hydrogen) atoms. The van der Waals surface area contributed by atoms with Gasteiger partial charge in [-0.15, -0.1) is 0 Å². The van der Waals surface area contributed by atoms with Crippen LogP contribution in [0.2, 0.25) is 30.8 Å². The predicted molar refractivity (Wildman–Crippen MR) is 119 cm³/mol. The van der Waals surface area contributed by atoms with Crippen molar-refractivity contribution in [2.45, 2.75) is 50.5 Å². The largest absolute Gasteiger partial charge is 0.477 e. The summed E-state index contributed by atoms with van der Waals surface area (Å²) in [5.74, 6) is -0.403. The van der Waals surface area contributed by atoms with Crippen molar-refractivity contribution in [3.63, 3.8) is 0 Å². The highest BCUT2D eigenvalue weighted by molar-refractivity contribution is 6.76. The number of ether oxygens (including phenoxy) is 2. The lowest BCUT2D eigenvalue weighted by atomic mass is 9.94. The van der Waals surface area contributed by atoms with Crippen molar-refractivity contribution in [3.8, 4) is 11.9 Å². The van der Waals surface area contributed by atoms with E-state index >= 15 is 0 Å². The van der Waals surface area contributed by atoms with Crippen molar-refractivity contribution in [2.24, 2.45) is 0 Å². The summed E-state index contributed by atoms with van der Waals surface area (Å²) in [7, 11) is -1.29. The number of rotatable bonds is 7. The summed E-state index contributed by atoms with van der Waals surface area (Å²) < 4.78 is 26.6. The van der Waals surface area contributed by atoms with E-state index in [0.29, 0.717) is 18.6 Å². The van der Waals surface area contributed by atoms with Gasteiger partial charge in [0, 0.05) is 20.8 Å². The molecule has 0 saturated carbocycles. The summed E-state index contributed by atoms with van der Waals surface area (Å²) in [5.41, 5.74) is 1.22. The molecular weight excluding hydrogens is 423 g/mol. The average molecular weight is 451 g/mol. The van der Waals surface area contributed by atoms with Gasteiger partial charge < -0.3 is 9.47 Å². The number of fused-ring (bicyclic) bond motifs is 2. The van der Waals surface area contributed by atoms with E-state index in [9.17, 15) is 4.39 Å². The minimum atomic E-state index is -1.29. The van der Waals surface area contributed by atoms with Crippen LogP contribution in [0.25, 0.3) is 10.9 Å². The summed E-state index contributed by atoms with van der Waals surface area (Å²) in [6, 6.07) is 1.06. The molecule has 0 radical (unpaired) electrons. The molecule has 2 aromatic rings. The molecule has 0 aliphatic carbocycles. The third kappa shape index (κ3) is 4.31. The Bertz CT molecular complexity index is 984. The van der Waals surface area contributed by atoms with Crippen LogP contribution in [-0.2, 0) is 0 Å². The van der Waals surface area contributed by atoms with E-state index in [1.165, 1.54) is 11.8 Å². The van der Waals surface area contributed by atoms with Crippen molar-refractivity contribution in [1.29, 1.82) is 0 Å². The number of nitrogens with zero attached hydrogens (tertiary/aromatic N) is 4. The van der Waals surface area contributed by atoms with Crippen LogP contribution in [0, 0.1) is 5.82 Å². The van der Waals surface area contributed by atoms with Gasteiger partial charge >= 0.3 is 6.01 Å². The molecular formula is C21H28ClFN4O2Si. The average Bonchev–Trinajstić information content (AvgIpc) is 3.18. The summed E-state index contributed by atoms with van der Waals surface area (Å²) in [4.78, 5) is 15.1. The van der Waals surface area contributed by atoms with Gasteiger partial charge in [0.15, 0.2) is 11.0 Å². The fraction of sp³-hybridized carbons (Fsp3) is 0.571. The zero-order valence-electron chi connectivity index (χ0n) is 17.8. The zero-order chi connectivity index (χ0) is 21.5. The Labute approximate surface area is 182 Å². The molecule has 1 atom stereocenters. The molecule has 4 rings (SSSR count). The number of aromatic nitrogens is 3. The van der Waals surface area contributed by atoms with Crippen LogP contribution in [0.3, 0.4) is 0 Å². The number of hydrogen-bond acceptors (Lipinski definition) is 6. The van der Waals surface area contributed by atoms with Crippen molar-refractivity contribution in [3.05, 3.63) is 29.3 Å². The Morgan fingerprint density at radius 3 is 2.87 bits per heavy atom. The monoisotopic (exact) mass is 450 g/mol. The lowest BCUT2D eigenvalue weighted by Gasteiger charge is -2.30. The van der Waals surface area contributed by atoms with E-state index in [4.69, 9.17) is 21.1 Å². The lowest BCUT2D eigenvalue weighted by molar-refractivity contribution is 0.107. The highest BCUT2D eigenvalue weighted by Gasteiger charge is 2.46. The Balaban J connectivity index is 1.61. The normalized spacial score (nSPS) is 22.0. The zero-order valence-corrected chi connectivity index (χ0v) is 19.6. The second-order valence-electron chi connectivity index (χ2n) is 9.56. The van der Waals surface area contributed by atoms with Crippen LogP contribution in [-0.4, -0.2) is 59.8 Å². The first-order valence-corrected chi connectivity index (χ1v) is 14.4. The van der Waals surface area contributed by atoms with Gasteiger partial charge in [-0.3, -0.25) is 4.90 Å². The fourth-order valence-electron chi connectivity index (χ4n) is 4.26. The summed E-state index contributed by atoms with van der Waals surface area (Å²) >= 11 is 5.89. The van der Waals surface area contributed by atoms with E-state index < -0.39 is 13.9 Å². The van der Waals surface area contributed by atoms with Crippen molar-refractivity contribution < 1.29 is 13.9 Å². The maximum atomic E-state index is 14.7. The lowest BCUT2D eigenvalue weighted by Crippen LogP contribution is -2.43. The van der Waals surface area contributed by atoms with Gasteiger partial charge in [-0.2, -0.15) is 9.97 Å². The highest BCUT2D eigenvalue weighted by atomic mass is 35.5. The van der Waals surface area contributed by atoms with Gasteiger partial charge in [0.05, 0.1) is 17.5 Å². The second-order valence-corrected chi connectivity index (χ2v) is 15.5. The predicted octanol–water partition coefficient (Wildman–Crippen LogP) is 4.71. The molecule has 0 amide bonds. The molecule has 2 aromatic heterocycles. The second kappa shape index (κ2) is 8.05. The molecule has 1 unspecified atom stereocenters. The molecule has 2 aliphatic rings. The third-order valence-electron chi connectivity index (χ3n) is 5.88. The van der Waals surface area contributed by atoms with Crippen LogP contribution in [0.5, 0.6) is 11.9 Å². The third-order valence-corrected chi connectivity index (χ3v) is 7.85. The molecule has 6 nitrogen and oxygen atoms in total. The van der Waals surface area contributed by atoms with E-state index in [0.717, 1.165) is 38.4 Å². The molecule has 0 spiro atoms. The van der Waals surface area contributed by atoms with Crippen LogP contribution < -0.4 is 9.47 Å². The number of hydrogen-bond donors (Lipinski definition) is 0. The minimum absolute atomic E-state index is 0.0668. The van der Waals surface area contributed by atoms with Gasteiger partial charge in [0.2, 0.25) is 5.88 Å². The van der Waals surface area contributed by atoms with E-state index in [1.54, 1.807) is 0 Å². The van der Waals surface area contributed by atoms with Crippen molar-refractivity contribution in [1.82, 2.24) is 19.9 Å². The van der Waals surface area contributed by atoms with Crippen molar-refractivity contribution in [2.75, 3.05) is 26.3 Å². The number of halogens is 2. The molecule has 9 heteroatoms. The molecule has 2 aliphatic heterocycles. The molecule has 2 fully saturated rings. The fourth-order valence-corrected chi connectivity index (χ4v) is 5.12. The summed E-state index contributed by atoms with van der Waals surface area (Å²) in [6.07, 6.45) is 4.54. The minimum Gasteiger partial charge on any atom is -0.477 e.